The summed E-state index contributed by atoms with van der Waals surface area (Å²) in [4.78, 5) is 0.00903. The van der Waals surface area contributed by atoms with Gasteiger partial charge in [-0.3, -0.25) is 0 Å². The smallest absolute Gasteiger partial charge is 0.166 e. The molecule has 0 heterocycles. The summed E-state index contributed by atoms with van der Waals surface area (Å²) in [6.45, 7) is 2.06. The van der Waals surface area contributed by atoms with Crippen LogP contribution in [0.25, 0.3) is 0 Å². The minimum atomic E-state index is -4.26. The Morgan fingerprint density at radius 3 is 2.56 bits per heavy atom. The van der Waals surface area contributed by atoms with E-state index in [2.05, 4.69) is 22.9 Å². The summed E-state index contributed by atoms with van der Waals surface area (Å²) in [7, 11) is 0. The predicted molar refractivity (Wildman–Crippen MR) is 62.6 cm³/mol. The zero-order valence-electron chi connectivity index (χ0n) is 9.02. The van der Waals surface area contributed by atoms with Gasteiger partial charge in [0, 0.05) is 4.83 Å². The van der Waals surface area contributed by atoms with Crippen molar-refractivity contribution in [2.75, 3.05) is 0 Å². The molecule has 0 spiro atoms. The highest BCUT2D eigenvalue weighted by Crippen LogP contribution is 2.34. The number of rotatable bonds is 4. The second-order valence-electron chi connectivity index (χ2n) is 3.73. The van der Waals surface area contributed by atoms with Crippen LogP contribution in [0.2, 0.25) is 0 Å². The fourth-order valence-corrected chi connectivity index (χ4v) is 2.07. The van der Waals surface area contributed by atoms with Crippen molar-refractivity contribution in [2.24, 2.45) is 0 Å². The average molecular weight is 295 g/mol. The first-order chi connectivity index (χ1) is 7.45. The maximum absolute atomic E-state index is 12.5. The van der Waals surface area contributed by atoms with Gasteiger partial charge >= 0.3 is 6.18 Å². The van der Waals surface area contributed by atoms with E-state index in [1.165, 1.54) is 12.1 Å². The number of halogens is 4. The quantitative estimate of drug-likeness (QED) is 0.658. The van der Waals surface area contributed by atoms with Crippen LogP contribution in [-0.4, -0.2) is 0 Å². The number of unbranched alkanes of at least 4 members (excludes halogenated alkanes) is 1. The van der Waals surface area contributed by atoms with Gasteiger partial charge in [0.15, 0.2) is 0 Å². The molecule has 16 heavy (non-hydrogen) atoms. The molecule has 0 radical (unpaired) electrons. The molecule has 0 saturated carbocycles. The Balaban J connectivity index is 2.82. The molecular formula is C12H14BrF3. The zero-order chi connectivity index (χ0) is 12.2. The molecule has 1 unspecified atom stereocenters. The number of benzene rings is 1. The van der Waals surface area contributed by atoms with Crippen LogP contribution in [0.3, 0.4) is 0 Å². The van der Waals surface area contributed by atoms with Gasteiger partial charge in [0.05, 0.1) is 5.56 Å². The molecule has 1 aromatic rings. The van der Waals surface area contributed by atoms with Crippen molar-refractivity contribution in [2.45, 2.75) is 37.2 Å². The number of alkyl halides is 4. The fraction of sp³-hybridized carbons (Fsp3) is 0.500. The largest absolute Gasteiger partial charge is 0.416 e. The maximum Gasteiger partial charge on any atom is 0.416 e. The van der Waals surface area contributed by atoms with Gasteiger partial charge in [-0.15, -0.1) is 0 Å². The van der Waals surface area contributed by atoms with Gasteiger partial charge in [-0.1, -0.05) is 53.9 Å². The van der Waals surface area contributed by atoms with Crippen LogP contribution in [0, 0.1) is 0 Å². The monoisotopic (exact) mass is 294 g/mol. The van der Waals surface area contributed by atoms with Gasteiger partial charge in [0.25, 0.3) is 0 Å². The Morgan fingerprint density at radius 1 is 1.31 bits per heavy atom. The standard InChI is InChI=1S/C12H14BrF3/c1-2-3-7-11(13)9-5-4-6-10(8-9)12(14,15)16/h4-6,8,11H,2-3,7H2,1H3. The third-order valence-corrected chi connectivity index (χ3v) is 3.37. The van der Waals surface area contributed by atoms with Crippen molar-refractivity contribution in [1.82, 2.24) is 0 Å². The van der Waals surface area contributed by atoms with Gasteiger partial charge in [-0.05, 0) is 18.1 Å². The van der Waals surface area contributed by atoms with E-state index < -0.39 is 11.7 Å². The Labute approximate surface area is 102 Å². The topological polar surface area (TPSA) is 0 Å². The Bertz CT molecular complexity index is 333. The molecule has 0 N–H and O–H groups in total. The van der Waals surface area contributed by atoms with E-state index in [9.17, 15) is 13.2 Å². The van der Waals surface area contributed by atoms with Crippen molar-refractivity contribution in [1.29, 1.82) is 0 Å². The molecule has 0 saturated heterocycles. The van der Waals surface area contributed by atoms with Crippen LogP contribution in [0.5, 0.6) is 0 Å². The third-order valence-electron chi connectivity index (χ3n) is 2.39. The lowest BCUT2D eigenvalue weighted by Gasteiger charge is -2.12. The SMILES string of the molecule is CCCCC(Br)c1cccc(C(F)(F)F)c1. The molecule has 0 amide bonds. The molecule has 0 bridgehead atoms. The fourth-order valence-electron chi connectivity index (χ4n) is 1.46. The van der Waals surface area contributed by atoms with E-state index in [0.29, 0.717) is 5.56 Å². The first kappa shape index (κ1) is 13.6. The molecule has 0 fully saturated rings. The van der Waals surface area contributed by atoms with Gasteiger partial charge < -0.3 is 0 Å². The van der Waals surface area contributed by atoms with Crippen LogP contribution < -0.4 is 0 Å². The summed E-state index contributed by atoms with van der Waals surface area (Å²) < 4.78 is 37.4. The molecule has 4 heteroatoms. The van der Waals surface area contributed by atoms with Crippen LogP contribution in [-0.2, 0) is 6.18 Å². The molecule has 1 rings (SSSR count). The highest BCUT2D eigenvalue weighted by molar-refractivity contribution is 9.09. The molecule has 1 aromatic carbocycles. The normalized spacial score (nSPS) is 13.8. The highest BCUT2D eigenvalue weighted by Gasteiger charge is 2.30. The molecule has 0 aromatic heterocycles. The summed E-state index contributed by atoms with van der Waals surface area (Å²) >= 11 is 3.42. The number of hydrogen-bond acceptors (Lipinski definition) is 0. The molecule has 0 aliphatic heterocycles. The van der Waals surface area contributed by atoms with E-state index in [1.54, 1.807) is 6.07 Å². The summed E-state index contributed by atoms with van der Waals surface area (Å²) in [6.07, 6.45) is -1.35. The van der Waals surface area contributed by atoms with Crippen LogP contribution in [0.15, 0.2) is 24.3 Å². The highest BCUT2D eigenvalue weighted by atomic mass is 79.9. The van der Waals surface area contributed by atoms with E-state index in [-0.39, 0.29) is 4.83 Å². The lowest BCUT2D eigenvalue weighted by molar-refractivity contribution is -0.137. The minimum absolute atomic E-state index is 0.00903. The van der Waals surface area contributed by atoms with Crippen molar-refractivity contribution in [3.63, 3.8) is 0 Å². The predicted octanol–water partition coefficient (Wildman–Crippen LogP) is 5.33. The van der Waals surface area contributed by atoms with Crippen molar-refractivity contribution in [3.8, 4) is 0 Å². The van der Waals surface area contributed by atoms with Crippen molar-refractivity contribution >= 4 is 15.9 Å². The molecule has 0 nitrogen and oxygen atoms in total. The van der Waals surface area contributed by atoms with Crippen molar-refractivity contribution in [3.05, 3.63) is 35.4 Å². The summed E-state index contributed by atoms with van der Waals surface area (Å²) in [5.74, 6) is 0. The molecular weight excluding hydrogens is 281 g/mol. The summed E-state index contributed by atoms with van der Waals surface area (Å²) in [5, 5.41) is 0. The lowest BCUT2D eigenvalue weighted by Crippen LogP contribution is -2.05. The second kappa shape index (κ2) is 5.71. The van der Waals surface area contributed by atoms with E-state index >= 15 is 0 Å². The van der Waals surface area contributed by atoms with E-state index in [4.69, 9.17) is 0 Å². The molecule has 0 aliphatic rings. The van der Waals surface area contributed by atoms with E-state index in [0.717, 1.165) is 25.3 Å². The lowest BCUT2D eigenvalue weighted by atomic mass is 10.0. The zero-order valence-corrected chi connectivity index (χ0v) is 10.6. The third kappa shape index (κ3) is 3.81. The Kier molecular flexibility index (Phi) is 4.84. The number of hydrogen-bond donors (Lipinski definition) is 0. The van der Waals surface area contributed by atoms with Crippen LogP contribution >= 0.6 is 15.9 Å². The van der Waals surface area contributed by atoms with Crippen molar-refractivity contribution < 1.29 is 13.2 Å². The Hall–Kier alpha value is -0.510. The van der Waals surface area contributed by atoms with Gasteiger partial charge in [-0.25, -0.2) is 0 Å². The van der Waals surface area contributed by atoms with Gasteiger partial charge in [0.2, 0.25) is 0 Å². The first-order valence-electron chi connectivity index (χ1n) is 5.26. The Morgan fingerprint density at radius 2 is 2.00 bits per heavy atom. The minimum Gasteiger partial charge on any atom is -0.166 e. The molecule has 90 valence electrons. The molecule has 1 atom stereocenters. The maximum atomic E-state index is 12.5. The van der Waals surface area contributed by atoms with Crippen LogP contribution in [0.1, 0.15) is 42.1 Å². The summed E-state index contributed by atoms with van der Waals surface area (Å²) in [6, 6.07) is 5.50. The molecule has 0 aliphatic carbocycles. The second-order valence-corrected chi connectivity index (χ2v) is 4.84. The van der Waals surface area contributed by atoms with Crippen LogP contribution in [0.4, 0.5) is 13.2 Å². The summed E-state index contributed by atoms with van der Waals surface area (Å²) in [5.41, 5.74) is 0.120. The van der Waals surface area contributed by atoms with Gasteiger partial charge in [-0.2, -0.15) is 13.2 Å². The van der Waals surface area contributed by atoms with E-state index in [1.807, 2.05) is 0 Å². The van der Waals surface area contributed by atoms with Gasteiger partial charge in [0.1, 0.15) is 0 Å². The first-order valence-corrected chi connectivity index (χ1v) is 6.18. The average Bonchev–Trinajstić information content (AvgIpc) is 2.25.